The average Bonchev–Trinajstić information content (AvgIpc) is 2.81. The van der Waals surface area contributed by atoms with Gasteiger partial charge in [0.1, 0.15) is 11.9 Å². The number of hydrogen-bond donors (Lipinski definition) is 0. The zero-order valence-electron chi connectivity index (χ0n) is 17.4. The summed E-state index contributed by atoms with van der Waals surface area (Å²) in [7, 11) is 0. The van der Waals surface area contributed by atoms with E-state index in [1.807, 2.05) is 12.1 Å². The number of benzene rings is 2. The first-order valence-electron chi connectivity index (χ1n) is 11.0. The normalized spacial score (nSPS) is 20.4. The van der Waals surface area contributed by atoms with Crippen LogP contribution in [0.3, 0.4) is 0 Å². The number of nitrogens with zero attached hydrogens (tertiary/aromatic N) is 2. The van der Waals surface area contributed by atoms with E-state index < -0.39 is 11.6 Å². The quantitative estimate of drug-likeness (QED) is 0.533. The standard InChI is InChI=1S/C26H26F2N2O/c27-23-8-7-19(16-24(23)28)18-30-14-11-26(12-15-30)10-9-25(21-5-1-2-6-22(21)26)31-20-4-3-13-29-17-20/h1-8,13,16-17,25H,9-12,14-15,18H2. The van der Waals surface area contributed by atoms with Crippen molar-refractivity contribution in [2.75, 3.05) is 13.1 Å². The highest BCUT2D eigenvalue weighted by Gasteiger charge is 2.42. The zero-order valence-corrected chi connectivity index (χ0v) is 17.4. The summed E-state index contributed by atoms with van der Waals surface area (Å²) in [5.74, 6) is -0.755. The van der Waals surface area contributed by atoms with Crippen molar-refractivity contribution in [3.05, 3.63) is 95.3 Å². The highest BCUT2D eigenvalue weighted by atomic mass is 19.2. The minimum Gasteiger partial charge on any atom is -0.484 e. The van der Waals surface area contributed by atoms with Crippen molar-refractivity contribution in [2.24, 2.45) is 0 Å². The molecule has 5 rings (SSSR count). The van der Waals surface area contributed by atoms with Crippen molar-refractivity contribution < 1.29 is 13.5 Å². The second kappa shape index (κ2) is 8.39. The summed E-state index contributed by atoms with van der Waals surface area (Å²) in [6.07, 6.45) is 7.77. The van der Waals surface area contributed by atoms with Crippen molar-refractivity contribution in [1.29, 1.82) is 0 Å². The van der Waals surface area contributed by atoms with Gasteiger partial charge in [-0.25, -0.2) is 8.78 Å². The van der Waals surface area contributed by atoms with E-state index in [9.17, 15) is 8.78 Å². The van der Waals surface area contributed by atoms with Crippen LogP contribution in [-0.4, -0.2) is 23.0 Å². The predicted molar refractivity (Wildman–Crippen MR) is 116 cm³/mol. The van der Waals surface area contributed by atoms with E-state index in [1.54, 1.807) is 18.5 Å². The first kappa shape index (κ1) is 20.1. The zero-order chi connectivity index (χ0) is 21.3. The molecule has 1 atom stereocenters. The summed E-state index contributed by atoms with van der Waals surface area (Å²) in [6.45, 7) is 2.55. The predicted octanol–water partition coefficient (Wildman–Crippen LogP) is 5.81. The van der Waals surface area contributed by atoms with Gasteiger partial charge in [0, 0.05) is 12.7 Å². The van der Waals surface area contributed by atoms with Gasteiger partial charge < -0.3 is 4.74 Å². The van der Waals surface area contributed by atoms with Crippen molar-refractivity contribution in [2.45, 2.75) is 43.7 Å². The minimum absolute atomic E-state index is 0.0474. The third-order valence-corrected chi connectivity index (χ3v) is 6.88. The molecule has 5 heteroatoms. The molecule has 2 aliphatic rings. The lowest BCUT2D eigenvalue weighted by Gasteiger charge is -2.47. The monoisotopic (exact) mass is 420 g/mol. The Bertz CT molecular complexity index is 1050. The molecule has 1 aliphatic heterocycles. The topological polar surface area (TPSA) is 25.4 Å². The van der Waals surface area contributed by atoms with Gasteiger partial charge in [0.25, 0.3) is 0 Å². The van der Waals surface area contributed by atoms with E-state index in [0.717, 1.165) is 50.1 Å². The van der Waals surface area contributed by atoms with E-state index >= 15 is 0 Å². The number of likely N-dealkylation sites (tertiary alicyclic amines) is 1. The maximum Gasteiger partial charge on any atom is 0.159 e. The van der Waals surface area contributed by atoms with Gasteiger partial charge >= 0.3 is 0 Å². The maximum atomic E-state index is 13.6. The second-order valence-electron chi connectivity index (χ2n) is 8.73. The minimum atomic E-state index is -0.789. The van der Waals surface area contributed by atoms with Crippen LogP contribution in [0.5, 0.6) is 5.75 Å². The molecular weight excluding hydrogens is 394 g/mol. The number of fused-ring (bicyclic) bond motifs is 2. The van der Waals surface area contributed by atoms with Crippen LogP contribution in [0.2, 0.25) is 0 Å². The molecule has 0 bridgehead atoms. The number of aromatic nitrogens is 1. The number of pyridine rings is 1. The van der Waals surface area contributed by atoms with E-state index in [2.05, 4.69) is 34.1 Å². The molecule has 1 unspecified atom stereocenters. The molecule has 3 aromatic rings. The van der Waals surface area contributed by atoms with Gasteiger partial charge in [-0.05, 0) is 85.1 Å². The van der Waals surface area contributed by atoms with Crippen LogP contribution in [0.1, 0.15) is 48.5 Å². The molecule has 0 N–H and O–H groups in total. The Morgan fingerprint density at radius 2 is 1.81 bits per heavy atom. The summed E-state index contributed by atoms with van der Waals surface area (Å²) in [5, 5.41) is 0. The summed E-state index contributed by atoms with van der Waals surface area (Å²) in [5.41, 5.74) is 3.67. The van der Waals surface area contributed by atoms with Crippen molar-refractivity contribution in [3.8, 4) is 5.75 Å². The summed E-state index contributed by atoms with van der Waals surface area (Å²) >= 11 is 0. The van der Waals surface area contributed by atoms with Gasteiger partial charge in [-0.2, -0.15) is 0 Å². The van der Waals surface area contributed by atoms with Crippen LogP contribution in [0.25, 0.3) is 0 Å². The van der Waals surface area contributed by atoms with Crippen LogP contribution in [0.4, 0.5) is 8.78 Å². The third-order valence-electron chi connectivity index (χ3n) is 6.88. The molecule has 1 aliphatic carbocycles. The average molecular weight is 421 g/mol. The number of ether oxygens (including phenoxy) is 1. The molecule has 31 heavy (non-hydrogen) atoms. The Hall–Kier alpha value is -2.79. The number of rotatable bonds is 4. The first-order chi connectivity index (χ1) is 15.1. The molecule has 160 valence electrons. The highest BCUT2D eigenvalue weighted by Crippen LogP contribution is 2.49. The lowest BCUT2D eigenvalue weighted by molar-refractivity contribution is 0.104. The van der Waals surface area contributed by atoms with Gasteiger partial charge in [0.15, 0.2) is 11.6 Å². The second-order valence-corrected chi connectivity index (χ2v) is 8.73. The number of piperidine rings is 1. The van der Waals surface area contributed by atoms with E-state index in [-0.39, 0.29) is 11.5 Å². The molecule has 1 spiro atoms. The molecule has 1 aromatic heterocycles. The SMILES string of the molecule is Fc1ccc(CN2CCC3(CCC(Oc4cccnc4)c4ccccc43)CC2)cc1F. The fourth-order valence-corrected chi connectivity index (χ4v) is 5.22. The van der Waals surface area contributed by atoms with Crippen LogP contribution < -0.4 is 4.74 Å². The molecule has 1 saturated heterocycles. The fourth-order valence-electron chi connectivity index (χ4n) is 5.22. The molecule has 0 amide bonds. The highest BCUT2D eigenvalue weighted by molar-refractivity contribution is 5.40. The van der Waals surface area contributed by atoms with Gasteiger partial charge in [0.2, 0.25) is 0 Å². The Morgan fingerprint density at radius 1 is 0.968 bits per heavy atom. The van der Waals surface area contributed by atoms with Gasteiger partial charge in [-0.1, -0.05) is 30.3 Å². The molecular formula is C26H26F2N2O. The maximum absolute atomic E-state index is 13.6. The fraction of sp³-hybridized carbons (Fsp3) is 0.346. The van der Waals surface area contributed by atoms with Gasteiger partial charge in [0.05, 0.1) is 6.20 Å². The molecule has 2 aromatic carbocycles. The Balaban J connectivity index is 1.31. The Morgan fingerprint density at radius 3 is 2.58 bits per heavy atom. The third kappa shape index (κ3) is 4.07. The Labute approximate surface area is 181 Å². The number of halogens is 2. The van der Waals surface area contributed by atoms with Crippen molar-refractivity contribution in [1.82, 2.24) is 9.88 Å². The van der Waals surface area contributed by atoms with Crippen LogP contribution >= 0.6 is 0 Å². The lowest BCUT2D eigenvalue weighted by Crippen LogP contribution is -2.44. The molecule has 0 radical (unpaired) electrons. The van der Waals surface area contributed by atoms with Crippen LogP contribution in [-0.2, 0) is 12.0 Å². The van der Waals surface area contributed by atoms with E-state index in [0.29, 0.717) is 6.54 Å². The van der Waals surface area contributed by atoms with E-state index in [1.165, 1.54) is 23.3 Å². The molecule has 0 saturated carbocycles. The van der Waals surface area contributed by atoms with Crippen LogP contribution in [0.15, 0.2) is 67.0 Å². The lowest BCUT2D eigenvalue weighted by atomic mass is 9.64. The molecule has 3 nitrogen and oxygen atoms in total. The summed E-state index contributed by atoms with van der Waals surface area (Å²) < 4.78 is 33.1. The summed E-state index contributed by atoms with van der Waals surface area (Å²) in [4.78, 5) is 6.51. The first-order valence-corrected chi connectivity index (χ1v) is 11.0. The van der Waals surface area contributed by atoms with Crippen LogP contribution in [0, 0.1) is 11.6 Å². The van der Waals surface area contributed by atoms with Crippen molar-refractivity contribution in [3.63, 3.8) is 0 Å². The smallest absolute Gasteiger partial charge is 0.159 e. The number of hydrogen-bond acceptors (Lipinski definition) is 3. The molecule has 1 fully saturated rings. The Kier molecular flexibility index (Phi) is 5.45. The van der Waals surface area contributed by atoms with E-state index in [4.69, 9.17) is 4.74 Å². The van der Waals surface area contributed by atoms with Crippen molar-refractivity contribution >= 4 is 0 Å². The largest absolute Gasteiger partial charge is 0.484 e. The van der Waals surface area contributed by atoms with Gasteiger partial charge in [-0.15, -0.1) is 0 Å². The summed E-state index contributed by atoms with van der Waals surface area (Å²) in [6, 6.07) is 16.7. The van der Waals surface area contributed by atoms with Gasteiger partial charge in [-0.3, -0.25) is 9.88 Å². The molecule has 2 heterocycles.